The van der Waals surface area contributed by atoms with Gasteiger partial charge in [-0.05, 0) is 65.2 Å². The molecular formula is C38H32Cl2F3N9O7. The lowest BCUT2D eigenvalue weighted by Gasteiger charge is -2.25. The van der Waals surface area contributed by atoms with Crippen molar-refractivity contribution in [2.24, 2.45) is 0 Å². The monoisotopic (exact) mass is 853 g/mol. The number of anilines is 1. The molecule has 0 aliphatic heterocycles. The third kappa shape index (κ3) is 11.4. The molecule has 0 aliphatic rings. The van der Waals surface area contributed by atoms with Crippen molar-refractivity contribution in [3.05, 3.63) is 112 Å². The molecule has 0 radical (unpaired) electrons. The van der Waals surface area contributed by atoms with E-state index in [-0.39, 0.29) is 35.1 Å². The Balaban J connectivity index is 1.25. The second kappa shape index (κ2) is 18.2. The number of nitrogens with one attached hydrogen (secondary N) is 6. The molecule has 59 heavy (non-hydrogen) atoms. The van der Waals surface area contributed by atoms with Gasteiger partial charge in [0.25, 0.3) is 5.91 Å². The molecule has 21 heteroatoms. The van der Waals surface area contributed by atoms with E-state index in [9.17, 15) is 42.3 Å². The Hall–Kier alpha value is -6.73. The number of ether oxygens (including phenoxy) is 1. The van der Waals surface area contributed by atoms with Crippen LogP contribution in [0.2, 0.25) is 10.0 Å². The molecule has 0 spiro atoms. The highest BCUT2D eigenvalue weighted by Crippen LogP contribution is 2.29. The van der Waals surface area contributed by atoms with Crippen LogP contribution in [-0.2, 0) is 32.0 Å². The number of aromatic nitrogens is 5. The lowest BCUT2D eigenvalue weighted by Crippen LogP contribution is -2.57. The molecule has 0 saturated heterocycles. The predicted octanol–water partition coefficient (Wildman–Crippen LogP) is 5.10. The van der Waals surface area contributed by atoms with Gasteiger partial charge in [-0.15, -0.1) is 23.4 Å². The van der Waals surface area contributed by atoms with Crippen LogP contribution in [0.5, 0.6) is 5.75 Å². The van der Waals surface area contributed by atoms with E-state index in [0.29, 0.717) is 21.5 Å². The highest BCUT2D eigenvalue weighted by molar-refractivity contribution is 6.38. The second-order valence-corrected chi connectivity index (χ2v) is 13.9. The number of aromatic amines is 2. The summed E-state index contributed by atoms with van der Waals surface area (Å²) in [4.78, 5) is 69.7. The number of amides is 4. The summed E-state index contributed by atoms with van der Waals surface area (Å²) in [5, 5.41) is 35.9. The Morgan fingerprint density at radius 1 is 0.797 bits per heavy atom. The fourth-order valence-electron chi connectivity index (χ4n) is 6.04. The van der Waals surface area contributed by atoms with E-state index >= 15 is 0 Å². The van der Waals surface area contributed by atoms with Crippen molar-refractivity contribution >= 4 is 80.2 Å². The van der Waals surface area contributed by atoms with Crippen LogP contribution in [0, 0.1) is 0 Å². The Labute approximate surface area is 341 Å². The number of halogens is 5. The van der Waals surface area contributed by atoms with Gasteiger partial charge in [0.15, 0.2) is 5.82 Å². The smallest absolute Gasteiger partial charge is 0.481 e. The molecule has 0 unspecified atom stereocenters. The molecule has 6 aromatic rings. The van der Waals surface area contributed by atoms with E-state index in [0.717, 1.165) is 35.0 Å². The second-order valence-electron chi connectivity index (χ2n) is 13.1. The maximum absolute atomic E-state index is 14.2. The first-order chi connectivity index (χ1) is 28.1. The minimum atomic E-state index is -4.95. The Bertz CT molecular complexity index is 2500. The van der Waals surface area contributed by atoms with Crippen LogP contribution in [0.1, 0.15) is 34.7 Å². The molecule has 6 rings (SSSR count). The van der Waals surface area contributed by atoms with E-state index in [2.05, 4.69) is 51.6 Å². The number of benzene rings is 4. The number of carbonyl (C=O) groups is 5. The van der Waals surface area contributed by atoms with Gasteiger partial charge < -0.3 is 36.1 Å². The molecule has 2 heterocycles. The number of carboxylic acid groups (broad SMARTS) is 1. The highest BCUT2D eigenvalue weighted by Gasteiger charge is 2.33. The topological polar surface area (TPSA) is 233 Å². The summed E-state index contributed by atoms with van der Waals surface area (Å²) in [5.74, 6) is -5.30. The van der Waals surface area contributed by atoms with Gasteiger partial charge in [-0.1, -0.05) is 70.9 Å². The van der Waals surface area contributed by atoms with Crippen LogP contribution in [0.3, 0.4) is 0 Å². The van der Waals surface area contributed by atoms with Crippen LogP contribution in [0.15, 0.2) is 84.9 Å². The predicted molar refractivity (Wildman–Crippen MR) is 208 cm³/mol. The average Bonchev–Trinajstić information content (AvgIpc) is 3.86. The van der Waals surface area contributed by atoms with Gasteiger partial charge in [-0.2, -0.15) is 5.21 Å². The summed E-state index contributed by atoms with van der Waals surface area (Å²) in [7, 11) is 0. The zero-order chi connectivity index (χ0) is 42.3. The summed E-state index contributed by atoms with van der Waals surface area (Å²) in [6, 6.07) is 17.3. The molecule has 0 bridgehead atoms. The summed E-state index contributed by atoms with van der Waals surface area (Å²) < 4.78 is 41.7. The van der Waals surface area contributed by atoms with Crippen LogP contribution >= 0.6 is 23.2 Å². The van der Waals surface area contributed by atoms with Crippen molar-refractivity contribution < 1.29 is 47.0 Å². The number of rotatable bonds is 16. The van der Waals surface area contributed by atoms with Crippen LogP contribution in [0.25, 0.3) is 21.7 Å². The number of carbonyl (C=O) groups excluding carboxylic acids is 4. The summed E-state index contributed by atoms with van der Waals surface area (Å²) in [5.41, 5.74) is 1.17. The van der Waals surface area contributed by atoms with Crippen LogP contribution in [-0.4, -0.2) is 84.8 Å². The molecule has 7 N–H and O–H groups in total. The molecule has 306 valence electrons. The number of hydrogen-bond donors (Lipinski definition) is 7. The third-order valence-electron chi connectivity index (χ3n) is 8.82. The van der Waals surface area contributed by atoms with E-state index in [1.807, 2.05) is 36.4 Å². The maximum atomic E-state index is 14.2. The van der Waals surface area contributed by atoms with Crippen molar-refractivity contribution in [2.75, 3.05) is 5.32 Å². The number of H-pyrrole nitrogens is 2. The van der Waals surface area contributed by atoms with E-state index in [1.165, 1.54) is 12.1 Å². The zero-order valence-corrected chi connectivity index (χ0v) is 31.8. The lowest BCUT2D eigenvalue weighted by atomic mass is 10.0. The molecule has 3 atom stereocenters. The summed E-state index contributed by atoms with van der Waals surface area (Å²) >= 11 is 12.5. The van der Waals surface area contributed by atoms with E-state index in [1.54, 1.807) is 12.1 Å². The molecule has 0 fully saturated rings. The Kier molecular flexibility index (Phi) is 13.0. The minimum absolute atomic E-state index is 0.00311. The van der Waals surface area contributed by atoms with Gasteiger partial charge in [0.05, 0.1) is 5.02 Å². The summed E-state index contributed by atoms with van der Waals surface area (Å²) in [6.07, 6.45) is -6.38. The van der Waals surface area contributed by atoms with E-state index < -0.39 is 72.7 Å². The van der Waals surface area contributed by atoms with Gasteiger partial charge >= 0.3 is 12.3 Å². The fraction of sp³-hybridized carbons (Fsp3) is 0.211. The van der Waals surface area contributed by atoms with Gasteiger partial charge in [-0.3, -0.25) is 24.0 Å². The van der Waals surface area contributed by atoms with Crippen molar-refractivity contribution in [3.8, 4) is 5.75 Å². The first-order valence-corrected chi connectivity index (χ1v) is 18.3. The standard InChI is InChI=1S/C38H32Cl2F3N9O7/c39-22-15-26(40)25-17-30(45-28(25)16-22)36(57)47-29(14-19-5-6-20-3-1-2-4-21(20)13-19)35(56)48-31(18-32-49-51-52-50-32)37(58)46-27(11-12-33(53)54)34(55)44-23-7-9-24(10-8-23)59-38(41,42)43/h1-10,13,15-17,27,29,31,45H,11-12,14,18H2,(H,44,55)(H,46,58)(H,47,57)(H,48,56)(H,53,54)(H,49,50,51,52)/t27-,29-,31-/m0/s1. The SMILES string of the molecule is O=C(O)CC[C@H](NC(=O)[C@H](Cc1nn[nH]n1)NC(=O)[C@H](Cc1ccc2ccccc2c1)NC(=O)c1cc2c(Cl)cc(Cl)cc2[nH]1)C(=O)Nc1ccc(OC(F)(F)F)cc1. The largest absolute Gasteiger partial charge is 0.573 e. The molecule has 4 aromatic carbocycles. The first kappa shape index (κ1) is 41.9. The Morgan fingerprint density at radius 2 is 1.49 bits per heavy atom. The van der Waals surface area contributed by atoms with E-state index in [4.69, 9.17) is 23.2 Å². The number of tetrazole rings is 1. The quantitative estimate of drug-likeness (QED) is 0.0681. The number of fused-ring (bicyclic) bond motifs is 2. The van der Waals surface area contributed by atoms with Crippen LogP contribution in [0.4, 0.5) is 18.9 Å². The minimum Gasteiger partial charge on any atom is -0.481 e. The number of hydrogen-bond acceptors (Lipinski definition) is 9. The average molecular weight is 855 g/mol. The zero-order valence-electron chi connectivity index (χ0n) is 30.3. The molecule has 0 saturated carbocycles. The molecular weight excluding hydrogens is 822 g/mol. The number of carboxylic acids is 1. The highest BCUT2D eigenvalue weighted by atomic mass is 35.5. The fourth-order valence-corrected chi connectivity index (χ4v) is 6.59. The maximum Gasteiger partial charge on any atom is 0.573 e. The van der Waals surface area contributed by atoms with Crippen molar-refractivity contribution in [2.45, 2.75) is 50.2 Å². The molecule has 4 amide bonds. The van der Waals surface area contributed by atoms with Gasteiger partial charge in [0, 0.05) is 40.9 Å². The molecule has 16 nitrogen and oxygen atoms in total. The van der Waals surface area contributed by atoms with Gasteiger partial charge in [-0.25, -0.2) is 0 Å². The normalized spacial score (nSPS) is 13.0. The van der Waals surface area contributed by atoms with Crippen LogP contribution < -0.4 is 26.0 Å². The molecule has 2 aromatic heterocycles. The van der Waals surface area contributed by atoms with Crippen molar-refractivity contribution in [1.82, 2.24) is 41.6 Å². The number of alkyl halides is 3. The van der Waals surface area contributed by atoms with Gasteiger partial charge in [0.1, 0.15) is 29.6 Å². The summed E-state index contributed by atoms with van der Waals surface area (Å²) in [6.45, 7) is 0. The van der Waals surface area contributed by atoms with Crippen molar-refractivity contribution in [3.63, 3.8) is 0 Å². The Morgan fingerprint density at radius 3 is 2.17 bits per heavy atom. The number of aliphatic carboxylic acids is 1. The third-order valence-corrected chi connectivity index (χ3v) is 9.35. The van der Waals surface area contributed by atoms with Gasteiger partial charge in [0.2, 0.25) is 17.7 Å². The van der Waals surface area contributed by atoms with Crippen molar-refractivity contribution in [1.29, 1.82) is 0 Å². The number of nitrogens with zero attached hydrogens (tertiary/aromatic N) is 3. The first-order valence-electron chi connectivity index (χ1n) is 17.6. The molecule has 0 aliphatic carbocycles. The lowest BCUT2D eigenvalue weighted by molar-refractivity contribution is -0.274.